The lowest BCUT2D eigenvalue weighted by molar-refractivity contribution is -0.145. The van der Waals surface area contributed by atoms with E-state index in [0.29, 0.717) is 11.3 Å². The number of rotatable bonds is 1. The van der Waals surface area contributed by atoms with Gasteiger partial charge in [0.1, 0.15) is 6.10 Å². The first-order chi connectivity index (χ1) is 6.56. The van der Waals surface area contributed by atoms with E-state index in [-0.39, 0.29) is 18.0 Å². The van der Waals surface area contributed by atoms with Gasteiger partial charge in [-0.1, -0.05) is 27.2 Å². The molecule has 0 radical (unpaired) electrons. The maximum absolute atomic E-state index is 11.4. The van der Waals surface area contributed by atoms with Gasteiger partial charge < -0.3 is 4.74 Å². The highest BCUT2D eigenvalue weighted by atomic mass is 16.6. The lowest BCUT2D eigenvalue weighted by atomic mass is 9.67. The molecule has 14 heavy (non-hydrogen) atoms. The molecule has 80 valence electrons. The number of fused-ring (bicyclic) bond motifs is 1. The average Bonchev–Trinajstić information content (AvgIpc) is 2.42. The molecule has 1 saturated heterocycles. The van der Waals surface area contributed by atoms with Crippen LogP contribution in [0.2, 0.25) is 0 Å². The van der Waals surface area contributed by atoms with E-state index in [2.05, 4.69) is 13.8 Å². The highest BCUT2D eigenvalue weighted by Gasteiger charge is 2.47. The molecule has 0 aromatic rings. The Kier molecular flexibility index (Phi) is 2.32. The Labute approximate surface area is 86.0 Å². The van der Waals surface area contributed by atoms with Gasteiger partial charge in [-0.3, -0.25) is 4.79 Å². The lowest BCUT2D eigenvalue weighted by Crippen LogP contribution is -2.34. The first-order valence-electron chi connectivity index (χ1n) is 5.76. The quantitative estimate of drug-likeness (QED) is 0.603. The molecule has 1 aliphatic heterocycles. The Morgan fingerprint density at radius 3 is 2.93 bits per heavy atom. The van der Waals surface area contributed by atoms with Crippen LogP contribution in [-0.4, -0.2) is 12.1 Å². The summed E-state index contributed by atoms with van der Waals surface area (Å²) in [5.41, 5.74) is 0.408. The van der Waals surface area contributed by atoms with E-state index in [1.165, 1.54) is 19.3 Å². The first-order valence-corrected chi connectivity index (χ1v) is 5.76. The minimum Gasteiger partial charge on any atom is -0.462 e. The molecule has 2 rings (SSSR count). The van der Waals surface area contributed by atoms with Gasteiger partial charge in [0, 0.05) is 5.92 Å². The predicted molar refractivity (Wildman–Crippen MR) is 54.8 cm³/mol. The second kappa shape index (κ2) is 3.25. The first kappa shape index (κ1) is 10.0. The summed E-state index contributed by atoms with van der Waals surface area (Å²) in [7, 11) is 0. The van der Waals surface area contributed by atoms with E-state index in [1.807, 2.05) is 6.92 Å². The maximum atomic E-state index is 11.4. The molecular weight excluding hydrogens is 176 g/mol. The zero-order valence-corrected chi connectivity index (χ0v) is 9.38. The maximum Gasteiger partial charge on any atom is 0.309 e. The summed E-state index contributed by atoms with van der Waals surface area (Å²) in [6, 6.07) is 0. The van der Waals surface area contributed by atoms with Crippen molar-refractivity contribution in [2.24, 2.45) is 17.3 Å². The van der Waals surface area contributed by atoms with E-state index in [9.17, 15) is 4.79 Å². The summed E-state index contributed by atoms with van der Waals surface area (Å²) in [5, 5.41) is 0. The van der Waals surface area contributed by atoms with Crippen LogP contribution in [0.4, 0.5) is 0 Å². The Balaban J connectivity index is 2.10. The molecule has 2 unspecified atom stereocenters. The van der Waals surface area contributed by atoms with Crippen LogP contribution in [0.15, 0.2) is 0 Å². The van der Waals surface area contributed by atoms with Crippen LogP contribution in [-0.2, 0) is 9.53 Å². The van der Waals surface area contributed by atoms with E-state index >= 15 is 0 Å². The lowest BCUT2D eigenvalue weighted by Gasteiger charge is -2.38. The van der Waals surface area contributed by atoms with Gasteiger partial charge >= 0.3 is 5.97 Å². The average molecular weight is 196 g/mol. The van der Waals surface area contributed by atoms with Crippen LogP contribution < -0.4 is 0 Å². The molecule has 1 aliphatic carbocycles. The minimum atomic E-state index is 0.0281. The highest BCUT2D eigenvalue weighted by molar-refractivity contribution is 5.74. The second-order valence-electron chi connectivity index (χ2n) is 5.33. The molecule has 4 atom stereocenters. The van der Waals surface area contributed by atoms with Crippen molar-refractivity contribution in [3.8, 4) is 0 Å². The van der Waals surface area contributed by atoms with Crippen LogP contribution >= 0.6 is 0 Å². The van der Waals surface area contributed by atoms with E-state index < -0.39 is 0 Å². The molecule has 2 nitrogen and oxygen atoms in total. The Morgan fingerprint density at radius 2 is 2.29 bits per heavy atom. The Bertz CT molecular complexity index is 249. The van der Waals surface area contributed by atoms with Crippen LogP contribution in [0.1, 0.15) is 46.5 Å². The molecule has 1 saturated carbocycles. The van der Waals surface area contributed by atoms with E-state index in [1.54, 1.807) is 0 Å². The molecule has 0 aromatic heterocycles. The molecule has 2 aliphatic rings. The van der Waals surface area contributed by atoms with Gasteiger partial charge in [-0.15, -0.1) is 0 Å². The fourth-order valence-electron chi connectivity index (χ4n) is 2.89. The highest BCUT2D eigenvalue weighted by Crippen LogP contribution is 2.47. The fourth-order valence-corrected chi connectivity index (χ4v) is 2.89. The minimum absolute atomic E-state index is 0.0281. The summed E-state index contributed by atoms with van der Waals surface area (Å²) >= 11 is 0. The van der Waals surface area contributed by atoms with Crippen molar-refractivity contribution < 1.29 is 9.53 Å². The smallest absolute Gasteiger partial charge is 0.309 e. The van der Waals surface area contributed by atoms with E-state index in [4.69, 9.17) is 4.74 Å². The summed E-state index contributed by atoms with van der Waals surface area (Å²) in [5.74, 6) is 0.670. The third-order valence-corrected chi connectivity index (χ3v) is 4.39. The predicted octanol–water partition coefficient (Wildman–Crippen LogP) is 2.76. The van der Waals surface area contributed by atoms with Gasteiger partial charge in [0.05, 0.1) is 5.92 Å². The summed E-state index contributed by atoms with van der Waals surface area (Å²) in [6.07, 6.45) is 4.91. The molecule has 0 aromatic carbocycles. The number of ether oxygens (including phenoxy) is 1. The molecule has 1 heterocycles. The summed E-state index contributed by atoms with van der Waals surface area (Å²) in [4.78, 5) is 11.4. The van der Waals surface area contributed by atoms with Crippen molar-refractivity contribution in [1.29, 1.82) is 0 Å². The van der Waals surface area contributed by atoms with Crippen LogP contribution in [0.25, 0.3) is 0 Å². The van der Waals surface area contributed by atoms with Gasteiger partial charge in [-0.05, 0) is 24.7 Å². The summed E-state index contributed by atoms with van der Waals surface area (Å²) < 4.78 is 5.44. The molecule has 0 bridgehead atoms. The Morgan fingerprint density at radius 1 is 1.57 bits per heavy atom. The van der Waals surface area contributed by atoms with Crippen molar-refractivity contribution in [3.63, 3.8) is 0 Å². The number of esters is 1. The third-order valence-electron chi connectivity index (χ3n) is 4.39. The SMILES string of the molecule is CCC1(C)CC[C@H]2C(C)C(=O)O[C@@H]2C1. The van der Waals surface area contributed by atoms with Gasteiger partial charge in [-0.25, -0.2) is 0 Å². The fraction of sp³-hybridized carbons (Fsp3) is 0.917. The van der Waals surface area contributed by atoms with E-state index in [0.717, 1.165) is 6.42 Å². The largest absolute Gasteiger partial charge is 0.462 e. The van der Waals surface area contributed by atoms with Crippen molar-refractivity contribution in [2.45, 2.75) is 52.6 Å². The van der Waals surface area contributed by atoms with Crippen molar-refractivity contribution in [1.82, 2.24) is 0 Å². The molecule has 0 spiro atoms. The molecule has 0 N–H and O–H groups in total. The van der Waals surface area contributed by atoms with Crippen LogP contribution in [0.3, 0.4) is 0 Å². The van der Waals surface area contributed by atoms with Crippen LogP contribution in [0.5, 0.6) is 0 Å². The van der Waals surface area contributed by atoms with Crippen LogP contribution in [0, 0.1) is 17.3 Å². The van der Waals surface area contributed by atoms with Gasteiger partial charge in [0.15, 0.2) is 0 Å². The normalized spacial score (nSPS) is 47.4. The topological polar surface area (TPSA) is 26.3 Å². The zero-order chi connectivity index (χ0) is 10.3. The Hall–Kier alpha value is -0.530. The number of carbonyl (C=O) groups excluding carboxylic acids is 1. The monoisotopic (exact) mass is 196 g/mol. The van der Waals surface area contributed by atoms with Gasteiger partial charge in [0.2, 0.25) is 0 Å². The zero-order valence-electron chi connectivity index (χ0n) is 9.38. The van der Waals surface area contributed by atoms with Gasteiger partial charge in [-0.2, -0.15) is 0 Å². The number of hydrogen-bond acceptors (Lipinski definition) is 2. The molecule has 0 amide bonds. The molecule has 2 fully saturated rings. The summed E-state index contributed by atoms with van der Waals surface area (Å²) in [6.45, 7) is 6.57. The standard InChI is InChI=1S/C12H20O2/c1-4-12(3)6-5-9-8(2)11(13)14-10(9)7-12/h8-10H,4-7H2,1-3H3/t8?,9-,10+,12?/m0/s1. The number of carbonyl (C=O) groups is 1. The van der Waals surface area contributed by atoms with Crippen molar-refractivity contribution in [3.05, 3.63) is 0 Å². The van der Waals surface area contributed by atoms with Gasteiger partial charge in [0.25, 0.3) is 0 Å². The third kappa shape index (κ3) is 1.45. The van der Waals surface area contributed by atoms with Crippen molar-refractivity contribution in [2.75, 3.05) is 0 Å². The molecule has 2 heteroatoms. The molecular formula is C12H20O2. The number of hydrogen-bond donors (Lipinski definition) is 0. The second-order valence-corrected chi connectivity index (χ2v) is 5.33. The van der Waals surface area contributed by atoms with Crippen molar-refractivity contribution >= 4 is 5.97 Å².